The Morgan fingerprint density at radius 3 is 2.07 bits per heavy atom. The quantitative estimate of drug-likeness (QED) is 0.875. The molecule has 84 valence electrons. The van der Waals surface area contributed by atoms with Gasteiger partial charge in [0.15, 0.2) is 0 Å². The summed E-state index contributed by atoms with van der Waals surface area (Å²) >= 11 is 3.53. The van der Waals surface area contributed by atoms with E-state index in [0.717, 1.165) is 16.5 Å². The Labute approximate surface area is 101 Å². The topological polar surface area (TPSA) is 20.2 Å². The number of aliphatic hydroxyl groups excluding tert-OH is 1. The minimum atomic E-state index is -0.338. The molecule has 1 aromatic rings. The van der Waals surface area contributed by atoms with Crippen molar-refractivity contribution in [3.63, 3.8) is 0 Å². The van der Waals surface area contributed by atoms with Gasteiger partial charge in [0.25, 0.3) is 0 Å². The molecule has 0 aromatic heterocycles. The first-order valence-corrected chi connectivity index (χ1v) is 6.15. The summed E-state index contributed by atoms with van der Waals surface area (Å²) in [7, 11) is 0. The predicted octanol–water partition coefficient (Wildman–Crippen LogP) is 4.15. The Bertz CT molecular complexity index is 321. The minimum Gasteiger partial charge on any atom is -0.388 e. The fourth-order valence-electron chi connectivity index (χ4n) is 1.75. The summed E-state index contributed by atoms with van der Waals surface area (Å²) < 4.78 is 1.14. The number of hydrogen-bond acceptors (Lipinski definition) is 1. The van der Waals surface area contributed by atoms with Crippen molar-refractivity contribution >= 4 is 15.9 Å². The third kappa shape index (κ3) is 3.32. The molecule has 1 rings (SSSR count). The largest absolute Gasteiger partial charge is 0.388 e. The summed E-state index contributed by atoms with van der Waals surface area (Å²) in [6, 6.07) is 4.12. The molecule has 0 spiro atoms. The molecule has 0 radical (unpaired) electrons. The van der Waals surface area contributed by atoms with Crippen molar-refractivity contribution in [2.24, 2.45) is 5.92 Å². The lowest BCUT2D eigenvalue weighted by Gasteiger charge is -2.15. The summed E-state index contributed by atoms with van der Waals surface area (Å²) in [4.78, 5) is 0. The molecule has 0 saturated heterocycles. The van der Waals surface area contributed by atoms with E-state index in [1.165, 1.54) is 11.1 Å². The Morgan fingerprint density at radius 2 is 1.67 bits per heavy atom. The average molecular weight is 271 g/mol. The highest BCUT2D eigenvalue weighted by molar-refractivity contribution is 9.10. The van der Waals surface area contributed by atoms with Crippen LogP contribution in [-0.2, 0) is 0 Å². The van der Waals surface area contributed by atoms with E-state index < -0.39 is 0 Å². The minimum absolute atomic E-state index is 0.338. The van der Waals surface area contributed by atoms with Crippen LogP contribution in [0, 0.1) is 19.8 Å². The smallest absolute Gasteiger partial charge is 0.0792 e. The van der Waals surface area contributed by atoms with Crippen molar-refractivity contribution in [3.8, 4) is 0 Å². The van der Waals surface area contributed by atoms with E-state index in [9.17, 15) is 5.11 Å². The maximum atomic E-state index is 10.0. The first kappa shape index (κ1) is 12.7. The predicted molar refractivity (Wildman–Crippen MR) is 68.0 cm³/mol. The zero-order valence-electron chi connectivity index (χ0n) is 9.84. The van der Waals surface area contributed by atoms with E-state index in [1.54, 1.807) is 0 Å². The van der Waals surface area contributed by atoms with Crippen LogP contribution < -0.4 is 0 Å². The summed E-state index contributed by atoms with van der Waals surface area (Å²) in [6.45, 7) is 8.37. The lowest BCUT2D eigenvalue weighted by molar-refractivity contribution is 0.151. The van der Waals surface area contributed by atoms with Gasteiger partial charge < -0.3 is 5.11 Å². The molecular weight excluding hydrogens is 252 g/mol. The number of halogens is 1. The summed E-state index contributed by atoms with van der Waals surface area (Å²) in [5.74, 6) is 0.518. The van der Waals surface area contributed by atoms with E-state index in [2.05, 4.69) is 55.8 Å². The van der Waals surface area contributed by atoms with Crippen molar-refractivity contribution in [2.45, 2.75) is 40.2 Å². The van der Waals surface area contributed by atoms with Crippen LogP contribution in [0.3, 0.4) is 0 Å². The second-order valence-electron chi connectivity index (χ2n) is 4.61. The van der Waals surface area contributed by atoms with E-state index in [4.69, 9.17) is 0 Å². The Hall–Kier alpha value is -0.340. The van der Waals surface area contributed by atoms with Gasteiger partial charge in [-0.3, -0.25) is 0 Å². The van der Waals surface area contributed by atoms with Crippen LogP contribution in [0.25, 0.3) is 0 Å². The van der Waals surface area contributed by atoms with Crippen LogP contribution in [0.2, 0.25) is 0 Å². The monoisotopic (exact) mass is 270 g/mol. The third-order valence-corrected chi connectivity index (χ3v) is 3.79. The second kappa shape index (κ2) is 5.13. The van der Waals surface area contributed by atoms with Crippen molar-refractivity contribution in [1.82, 2.24) is 0 Å². The number of aryl methyl sites for hydroxylation is 2. The first-order chi connectivity index (χ1) is 6.91. The zero-order chi connectivity index (χ0) is 11.6. The molecule has 0 bridgehead atoms. The zero-order valence-corrected chi connectivity index (χ0v) is 11.4. The summed E-state index contributed by atoms with van der Waals surface area (Å²) in [5, 5.41) is 10.0. The molecule has 0 aliphatic carbocycles. The van der Waals surface area contributed by atoms with Gasteiger partial charge in [0.1, 0.15) is 0 Å². The van der Waals surface area contributed by atoms with E-state index in [0.29, 0.717) is 5.92 Å². The molecule has 1 atom stereocenters. The normalized spacial score (nSPS) is 13.3. The van der Waals surface area contributed by atoms with Crippen LogP contribution in [-0.4, -0.2) is 5.11 Å². The van der Waals surface area contributed by atoms with Gasteiger partial charge in [-0.05, 0) is 42.9 Å². The Balaban J connectivity index is 2.95. The van der Waals surface area contributed by atoms with Crippen LogP contribution >= 0.6 is 15.9 Å². The van der Waals surface area contributed by atoms with Gasteiger partial charge in [0.05, 0.1) is 6.10 Å². The molecular formula is C13H19BrO. The fourth-order valence-corrected chi connectivity index (χ4v) is 1.98. The molecule has 1 N–H and O–H groups in total. The van der Waals surface area contributed by atoms with Crippen LogP contribution in [0.1, 0.15) is 43.1 Å². The standard InChI is InChI=1S/C13H19BrO/c1-8(2)5-12(15)11-6-9(3)13(14)10(4)7-11/h6-8,12,15H,5H2,1-4H3. The Kier molecular flexibility index (Phi) is 4.35. The molecule has 1 unspecified atom stereocenters. The third-order valence-electron chi connectivity index (χ3n) is 2.54. The van der Waals surface area contributed by atoms with Gasteiger partial charge in [0.2, 0.25) is 0 Å². The van der Waals surface area contributed by atoms with Gasteiger partial charge in [-0.2, -0.15) is 0 Å². The lowest BCUT2D eigenvalue weighted by Crippen LogP contribution is -2.03. The van der Waals surface area contributed by atoms with E-state index in [-0.39, 0.29) is 6.10 Å². The van der Waals surface area contributed by atoms with E-state index >= 15 is 0 Å². The summed E-state index contributed by atoms with van der Waals surface area (Å²) in [6.07, 6.45) is 0.482. The lowest BCUT2D eigenvalue weighted by atomic mass is 9.97. The molecule has 0 saturated carbocycles. The van der Waals surface area contributed by atoms with Crippen LogP contribution in [0.5, 0.6) is 0 Å². The number of benzene rings is 1. The number of hydrogen-bond donors (Lipinski definition) is 1. The second-order valence-corrected chi connectivity index (χ2v) is 5.41. The van der Waals surface area contributed by atoms with Gasteiger partial charge in [-0.25, -0.2) is 0 Å². The molecule has 15 heavy (non-hydrogen) atoms. The summed E-state index contributed by atoms with van der Waals surface area (Å²) in [5.41, 5.74) is 3.41. The van der Waals surface area contributed by atoms with Gasteiger partial charge in [-0.15, -0.1) is 0 Å². The molecule has 0 aliphatic rings. The molecule has 1 nitrogen and oxygen atoms in total. The van der Waals surface area contributed by atoms with Crippen molar-refractivity contribution in [1.29, 1.82) is 0 Å². The van der Waals surface area contributed by atoms with Crippen molar-refractivity contribution < 1.29 is 5.11 Å². The molecule has 0 amide bonds. The molecule has 0 fully saturated rings. The van der Waals surface area contributed by atoms with E-state index in [1.807, 2.05) is 0 Å². The van der Waals surface area contributed by atoms with Crippen molar-refractivity contribution in [2.75, 3.05) is 0 Å². The first-order valence-electron chi connectivity index (χ1n) is 5.36. The van der Waals surface area contributed by atoms with Crippen LogP contribution in [0.4, 0.5) is 0 Å². The SMILES string of the molecule is Cc1cc(C(O)CC(C)C)cc(C)c1Br. The van der Waals surface area contributed by atoms with Gasteiger partial charge in [0, 0.05) is 4.47 Å². The highest BCUT2D eigenvalue weighted by Crippen LogP contribution is 2.28. The van der Waals surface area contributed by atoms with Crippen molar-refractivity contribution in [3.05, 3.63) is 33.3 Å². The van der Waals surface area contributed by atoms with Gasteiger partial charge in [-0.1, -0.05) is 41.9 Å². The molecule has 2 heteroatoms. The number of aliphatic hydroxyl groups is 1. The molecule has 1 aromatic carbocycles. The average Bonchev–Trinajstić information content (AvgIpc) is 2.12. The van der Waals surface area contributed by atoms with Crippen LogP contribution in [0.15, 0.2) is 16.6 Å². The highest BCUT2D eigenvalue weighted by Gasteiger charge is 2.12. The Morgan fingerprint density at radius 1 is 1.20 bits per heavy atom. The van der Waals surface area contributed by atoms with Gasteiger partial charge >= 0.3 is 0 Å². The maximum absolute atomic E-state index is 10.0. The number of rotatable bonds is 3. The highest BCUT2D eigenvalue weighted by atomic mass is 79.9. The molecule has 0 aliphatic heterocycles. The molecule has 0 heterocycles. The maximum Gasteiger partial charge on any atom is 0.0792 e. The fraction of sp³-hybridized carbons (Fsp3) is 0.538.